The summed E-state index contributed by atoms with van der Waals surface area (Å²) in [6.07, 6.45) is 2.11. The number of hydrogen-bond donors (Lipinski definition) is 1. The van der Waals surface area contributed by atoms with E-state index < -0.39 is 11.6 Å². The molecular weight excluding hydrogens is 272 g/mol. The molecule has 4 nitrogen and oxygen atoms in total. The number of halogens is 2. The Hall–Kier alpha value is -1.63. The fourth-order valence-electron chi connectivity index (χ4n) is 2.00. The largest absolute Gasteiger partial charge is 0.398 e. The van der Waals surface area contributed by atoms with E-state index in [9.17, 15) is 8.78 Å². The first-order valence-corrected chi connectivity index (χ1v) is 6.90. The van der Waals surface area contributed by atoms with Gasteiger partial charge in [0.1, 0.15) is 0 Å². The SMILES string of the molecule is Nc1cc(F)c(F)cc1-c1nc(C2CCCS2)no1. The average molecular weight is 283 g/mol. The molecule has 0 saturated carbocycles. The van der Waals surface area contributed by atoms with Crippen molar-refractivity contribution in [3.8, 4) is 11.5 Å². The first kappa shape index (κ1) is 12.4. The third-order valence-corrected chi connectivity index (χ3v) is 4.36. The molecule has 2 heterocycles. The van der Waals surface area contributed by atoms with Crippen molar-refractivity contribution >= 4 is 17.4 Å². The van der Waals surface area contributed by atoms with Gasteiger partial charge in [-0.1, -0.05) is 5.16 Å². The lowest BCUT2D eigenvalue weighted by Gasteiger charge is -2.02. The van der Waals surface area contributed by atoms with E-state index in [4.69, 9.17) is 10.3 Å². The van der Waals surface area contributed by atoms with Gasteiger partial charge in [0, 0.05) is 11.8 Å². The summed E-state index contributed by atoms with van der Waals surface area (Å²) in [5, 5.41) is 4.10. The van der Waals surface area contributed by atoms with E-state index in [1.807, 2.05) is 0 Å². The van der Waals surface area contributed by atoms with Crippen LogP contribution in [-0.4, -0.2) is 15.9 Å². The van der Waals surface area contributed by atoms with E-state index in [0.29, 0.717) is 5.82 Å². The Kier molecular flexibility index (Phi) is 3.14. The Labute approximate surface area is 112 Å². The third kappa shape index (κ3) is 2.30. The molecule has 0 spiro atoms. The van der Waals surface area contributed by atoms with Crippen LogP contribution in [0, 0.1) is 11.6 Å². The zero-order valence-electron chi connectivity index (χ0n) is 9.90. The van der Waals surface area contributed by atoms with Crippen LogP contribution in [0.3, 0.4) is 0 Å². The Morgan fingerprint density at radius 3 is 2.84 bits per heavy atom. The lowest BCUT2D eigenvalue weighted by Crippen LogP contribution is -1.95. The van der Waals surface area contributed by atoms with Crippen LogP contribution >= 0.6 is 11.8 Å². The number of nitrogens with two attached hydrogens (primary N) is 1. The lowest BCUT2D eigenvalue weighted by molar-refractivity contribution is 0.421. The highest BCUT2D eigenvalue weighted by Gasteiger charge is 2.24. The van der Waals surface area contributed by atoms with Crippen molar-refractivity contribution < 1.29 is 13.3 Å². The van der Waals surface area contributed by atoms with Gasteiger partial charge in [-0.05, 0) is 24.7 Å². The molecule has 3 rings (SSSR count). The average Bonchev–Trinajstić information content (AvgIpc) is 3.03. The van der Waals surface area contributed by atoms with Gasteiger partial charge in [-0.15, -0.1) is 0 Å². The molecule has 19 heavy (non-hydrogen) atoms. The summed E-state index contributed by atoms with van der Waals surface area (Å²) in [5.41, 5.74) is 5.95. The Morgan fingerprint density at radius 2 is 2.11 bits per heavy atom. The quantitative estimate of drug-likeness (QED) is 0.858. The molecule has 0 radical (unpaired) electrons. The van der Waals surface area contributed by atoms with Gasteiger partial charge in [-0.2, -0.15) is 16.7 Å². The maximum atomic E-state index is 13.2. The minimum atomic E-state index is -0.993. The van der Waals surface area contributed by atoms with Crippen molar-refractivity contribution in [1.29, 1.82) is 0 Å². The standard InChI is InChI=1S/C12H11F2N3OS/c13-7-4-6(9(15)5-8(7)14)12-16-11(17-18-12)10-2-1-3-19-10/h4-5,10H,1-3,15H2. The van der Waals surface area contributed by atoms with E-state index >= 15 is 0 Å². The molecule has 100 valence electrons. The van der Waals surface area contributed by atoms with Crippen LogP contribution in [0.2, 0.25) is 0 Å². The number of aromatic nitrogens is 2. The maximum absolute atomic E-state index is 13.2. The van der Waals surface area contributed by atoms with Gasteiger partial charge in [0.2, 0.25) is 0 Å². The Bertz CT molecular complexity index is 611. The molecule has 1 aromatic carbocycles. The maximum Gasteiger partial charge on any atom is 0.260 e. The fraction of sp³-hybridized carbons (Fsp3) is 0.333. The van der Waals surface area contributed by atoms with Crippen LogP contribution < -0.4 is 5.73 Å². The van der Waals surface area contributed by atoms with Gasteiger partial charge in [0.15, 0.2) is 17.5 Å². The smallest absolute Gasteiger partial charge is 0.260 e. The number of rotatable bonds is 2. The van der Waals surface area contributed by atoms with Crippen molar-refractivity contribution in [3.05, 3.63) is 29.6 Å². The molecule has 1 aliphatic heterocycles. The summed E-state index contributed by atoms with van der Waals surface area (Å²) in [7, 11) is 0. The van der Waals surface area contributed by atoms with Crippen molar-refractivity contribution in [2.75, 3.05) is 11.5 Å². The molecule has 1 unspecified atom stereocenters. The number of nitrogen functional groups attached to an aromatic ring is 1. The number of hydrogen-bond acceptors (Lipinski definition) is 5. The van der Waals surface area contributed by atoms with Crippen molar-refractivity contribution in [3.63, 3.8) is 0 Å². The third-order valence-electron chi connectivity index (χ3n) is 2.98. The van der Waals surface area contributed by atoms with Crippen LogP contribution in [0.4, 0.5) is 14.5 Å². The molecule has 1 aromatic heterocycles. The molecule has 1 aliphatic rings. The van der Waals surface area contributed by atoms with Crippen LogP contribution in [0.15, 0.2) is 16.7 Å². The lowest BCUT2D eigenvalue weighted by atomic mass is 10.1. The molecular formula is C12H11F2N3OS. The minimum absolute atomic E-state index is 0.0770. The van der Waals surface area contributed by atoms with Gasteiger partial charge in [0.25, 0.3) is 5.89 Å². The molecule has 7 heteroatoms. The summed E-state index contributed by atoms with van der Waals surface area (Å²) in [6.45, 7) is 0. The molecule has 0 bridgehead atoms. The van der Waals surface area contributed by atoms with Crippen molar-refractivity contribution in [2.45, 2.75) is 18.1 Å². The summed E-state index contributed by atoms with van der Waals surface area (Å²) in [6, 6.07) is 1.89. The van der Waals surface area contributed by atoms with E-state index in [1.54, 1.807) is 11.8 Å². The van der Waals surface area contributed by atoms with Crippen LogP contribution in [0.1, 0.15) is 23.9 Å². The summed E-state index contributed by atoms with van der Waals surface area (Å²) < 4.78 is 31.3. The predicted octanol–water partition coefficient (Wildman–Crippen LogP) is 3.17. The highest BCUT2D eigenvalue weighted by atomic mass is 32.2. The summed E-state index contributed by atoms with van der Waals surface area (Å²) >= 11 is 1.76. The highest BCUT2D eigenvalue weighted by molar-refractivity contribution is 7.99. The fourth-order valence-corrected chi connectivity index (χ4v) is 3.20. The second-order valence-corrected chi connectivity index (χ2v) is 5.62. The Morgan fingerprint density at radius 1 is 1.32 bits per heavy atom. The normalized spacial score (nSPS) is 18.9. The summed E-state index contributed by atoms with van der Waals surface area (Å²) in [5.74, 6) is -0.200. The van der Waals surface area contributed by atoms with Gasteiger partial charge in [-0.3, -0.25) is 0 Å². The van der Waals surface area contributed by atoms with Gasteiger partial charge >= 0.3 is 0 Å². The first-order valence-electron chi connectivity index (χ1n) is 5.85. The second-order valence-electron chi connectivity index (χ2n) is 4.31. The number of benzene rings is 1. The number of anilines is 1. The predicted molar refractivity (Wildman–Crippen MR) is 68.5 cm³/mol. The molecule has 0 aliphatic carbocycles. The van der Waals surface area contributed by atoms with E-state index in [-0.39, 0.29) is 22.4 Å². The zero-order chi connectivity index (χ0) is 13.4. The zero-order valence-corrected chi connectivity index (χ0v) is 10.7. The molecule has 0 amide bonds. The van der Waals surface area contributed by atoms with Crippen molar-refractivity contribution in [2.24, 2.45) is 0 Å². The molecule has 2 aromatic rings. The number of nitrogens with zero attached hydrogens (tertiary/aromatic N) is 2. The van der Waals surface area contributed by atoms with Crippen LogP contribution in [0.25, 0.3) is 11.5 Å². The van der Waals surface area contributed by atoms with Gasteiger partial charge in [-0.25, -0.2) is 8.78 Å². The van der Waals surface area contributed by atoms with Gasteiger partial charge in [0.05, 0.1) is 10.8 Å². The molecule has 2 N–H and O–H groups in total. The monoisotopic (exact) mass is 283 g/mol. The molecule has 1 atom stereocenters. The van der Waals surface area contributed by atoms with E-state index in [1.165, 1.54) is 0 Å². The van der Waals surface area contributed by atoms with Crippen LogP contribution in [0.5, 0.6) is 0 Å². The molecule has 1 saturated heterocycles. The van der Waals surface area contributed by atoms with E-state index in [2.05, 4.69) is 10.1 Å². The Balaban J connectivity index is 1.96. The van der Waals surface area contributed by atoms with Crippen molar-refractivity contribution in [1.82, 2.24) is 10.1 Å². The number of thioether (sulfide) groups is 1. The van der Waals surface area contributed by atoms with E-state index in [0.717, 1.165) is 30.7 Å². The van der Waals surface area contributed by atoms with Crippen LogP contribution in [-0.2, 0) is 0 Å². The first-order chi connectivity index (χ1) is 9.15. The minimum Gasteiger partial charge on any atom is -0.398 e. The van der Waals surface area contributed by atoms with Gasteiger partial charge < -0.3 is 10.3 Å². The topological polar surface area (TPSA) is 64.9 Å². The summed E-state index contributed by atoms with van der Waals surface area (Å²) in [4.78, 5) is 4.23. The highest BCUT2D eigenvalue weighted by Crippen LogP contribution is 2.39. The second kappa shape index (κ2) is 4.80. The molecule has 1 fully saturated rings.